The van der Waals surface area contributed by atoms with Gasteiger partial charge < -0.3 is 26.6 Å². The van der Waals surface area contributed by atoms with Gasteiger partial charge in [0.2, 0.25) is 11.8 Å². The van der Waals surface area contributed by atoms with Crippen molar-refractivity contribution < 1.29 is 14.4 Å². The average Bonchev–Trinajstić information content (AvgIpc) is 3.58. The Bertz CT molecular complexity index is 1650. The van der Waals surface area contributed by atoms with Crippen LogP contribution in [0.1, 0.15) is 55.5 Å². The summed E-state index contributed by atoms with van der Waals surface area (Å²) in [5.41, 5.74) is 10.8. The minimum Gasteiger partial charge on any atom is -0.351 e. The van der Waals surface area contributed by atoms with Crippen LogP contribution in [0.25, 0.3) is 22.0 Å². The lowest BCUT2D eigenvalue weighted by Crippen LogP contribution is -2.48. The third kappa shape index (κ3) is 9.65. The van der Waals surface area contributed by atoms with Crippen LogP contribution < -0.4 is 21.7 Å². The lowest BCUT2D eigenvalue weighted by Gasteiger charge is -2.28. The van der Waals surface area contributed by atoms with Crippen LogP contribution in [0.3, 0.4) is 0 Å². The zero-order chi connectivity index (χ0) is 33.2. The summed E-state index contributed by atoms with van der Waals surface area (Å²) in [6.07, 6.45) is 5.45. The summed E-state index contributed by atoms with van der Waals surface area (Å²) >= 11 is 0. The zero-order valence-electron chi connectivity index (χ0n) is 27.8. The Hall–Kier alpha value is -4.25. The van der Waals surface area contributed by atoms with Gasteiger partial charge >= 0.3 is 0 Å². The number of anilines is 1. The van der Waals surface area contributed by atoms with Gasteiger partial charge in [0.15, 0.2) is 0 Å². The lowest BCUT2D eigenvalue weighted by molar-refractivity contribution is -0.130. The van der Waals surface area contributed by atoms with E-state index in [-0.39, 0.29) is 36.0 Å². The van der Waals surface area contributed by atoms with E-state index in [1.54, 1.807) is 6.20 Å². The Morgan fingerprint density at radius 2 is 1.71 bits per heavy atom. The molecule has 3 aromatic carbocycles. The number of rotatable bonds is 14. The van der Waals surface area contributed by atoms with Crippen LogP contribution in [0.15, 0.2) is 72.9 Å². The van der Waals surface area contributed by atoms with Crippen LogP contribution in [-0.2, 0) is 16.0 Å². The quantitative estimate of drug-likeness (QED) is 0.125. The van der Waals surface area contributed by atoms with Gasteiger partial charge in [-0.1, -0.05) is 50.2 Å². The fourth-order valence-electron chi connectivity index (χ4n) is 6.30. The van der Waals surface area contributed by atoms with E-state index >= 15 is 0 Å². The second-order valence-electron chi connectivity index (χ2n) is 12.4. The number of hydrogen-bond donors (Lipinski definition) is 5. The van der Waals surface area contributed by atoms with Gasteiger partial charge in [0.05, 0.1) is 11.7 Å². The summed E-state index contributed by atoms with van der Waals surface area (Å²) in [5.74, 6) is -0.139. The van der Waals surface area contributed by atoms with Gasteiger partial charge in [-0.15, -0.1) is 12.4 Å². The molecule has 48 heavy (non-hydrogen) atoms. The number of nitrogens with zero attached hydrogens (tertiary/aromatic N) is 2. The first kappa shape index (κ1) is 36.6. The molecule has 11 heteroatoms. The van der Waals surface area contributed by atoms with E-state index < -0.39 is 6.04 Å². The number of halogens is 1. The number of benzene rings is 3. The Kier molecular flexibility index (Phi) is 13.5. The monoisotopic (exact) mass is 673 g/mol. The number of hydrogen-bond acceptors (Lipinski definition) is 6. The molecule has 1 heterocycles. The first-order chi connectivity index (χ1) is 22.9. The summed E-state index contributed by atoms with van der Waals surface area (Å²) in [4.78, 5) is 42.1. The van der Waals surface area contributed by atoms with E-state index in [0.717, 1.165) is 72.9 Å². The van der Waals surface area contributed by atoms with Crippen molar-refractivity contribution in [1.82, 2.24) is 25.7 Å². The van der Waals surface area contributed by atoms with E-state index in [0.29, 0.717) is 36.7 Å². The number of nitrogens with one attached hydrogen (secondary N) is 4. The maximum atomic E-state index is 13.7. The van der Waals surface area contributed by atoms with Gasteiger partial charge in [0.1, 0.15) is 6.04 Å². The number of fused-ring (bicyclic) bond motifs is 1. The van der Waals surface area contributed by atoms with E-state index in [4.69, 9.17) is 5.73 Å². The van der Waals surface area contributed by atoms with Crippen molar-refractivity contribution in [2.24, 2.45) is 17.6 Å². The predicted molar refractivity (Wildman–Crippen MR) is 194 cm³/mol. The Labute approximate surface area is 289 Å². The molecule has 5 rings (SSSR count). The zero-order valence-corrected chi connectivity index (χ0v) is 28.7. The smallest absolute Gasteiger partial charge is 0.251 e. The van der Waals surface area contributed by atoms with Crippen LogP contribution in [0.5, 0.6) is 0 Å². The summed E-state index contributed by atoms with van der Waals surface area (Å²) in [5, 5.41) is 17.0. The van der Waals surface area contributed by atoms with E-state index in [1.807, 2.05) is 66.7 Å². The van der Waals surface area contributed by atoms with Crippen LogP contribution in [0.2, 0.25) is 0 Å². The van der Waals surface area contributed by atoms with Crippen molar-refractivity contribution in [3.8, 4) is 11.1 Å². The number of nitrogens with two attached hydrogens (primary N) is 1. The van der Waals surface area contributed by atoms with Crippen molar-refractivity contribution in [2.45, 2.75) is 52.0 Å². The van der Waals surface area contributed by atoms with Gasteiger partial charge in [0, 0.05) is 42.1 Å². The van der Waals surface area contributed by atoms with Crippen molar-refractivity contribution in [3.63, 3.8) is 0 Å². The average molecular weight is 674 g/mol. The Balaban J connectivity index is 0.00000520. The summed E-state index contributed by atoms with van der Waals surface area (Å²) in [6.45, 7) is 8.20. The molecule has 10 nitrogen and oxygen atoms in total. The van der Waals surface area contributed by atoms with Crippen molar-refractivity contribution in [2.75, 3.05) is 38.0 Å². The molecule has 4 aromatic rings. The number of aromatic amines is 1. The summed E-state index contributed by atoms with van der Waals surface area (Å²) in [7, 11) is 0. The van der Waals surface area contributed by atoms with Crippen LogP contribution in [-0.4, -0.2) is 71.6 Å². The molecule has 1 saturated carbocycles. The highest BCUT2D eigenvalue weighted by Crippen LogP contribution is 2.29. The topological polar surface area (TPSA) is 145 Å². The minimum atomic E-state index is -0.773. The van der Waals surface area contributed by atoms with Gasteiger partial charge in [-0.3, -0.25) is 19.5 Å². The molecule has 0 radical (unpaired) electrons. The highest BCUT2D eigenvalue weighted by atomic mass is 35.5. The SMILES string of the molecule is CCN(CC)CCNC(=O)c1ccc(-c2cccc(C[C@H](NC(=O)C3CCC(CN)CC3)C(=O)Nc3ccc4cn[nH]c4c3)c2)cc1.Cl. The molecule has 1 aromatic heterocycles. The molecular weight excluding hydrogens is 626 g/mol. The standard InChI is InChI=1S/C37H47N7O3.ClH/c1-3-44(4-2)19-18-39-35(45)28-14-12-27(13-15-28)30-7-5-6-26(20-30)21-34(42-36(46)29-10-8-25(23-38)9-11-29)37(47)41-32-17-16-31-24-40-43-33(31)22-32;/h5-7,12-17,20,22,24-25,29,34H,3-4,8-11,18-19,21,23,38H2,1-2H3,(H,39,45)(H,40,43)(H,41,47)(H,42,46);1H/t25?,29?,34-;/m0./s1. The third-order valence-corrected chi connectivity index (χ3v) is 9.35. The van der Waals surface area contributed by atoms with Crippen molar-refractivity contribution >= 4 is 46.7 Å². The van der Waals surface area contributed by atoms with Crippen molar-refractivity contribution in [3.05, 3.63) is 84.1 Å². The number of aromatic nitrogens is 2. The lowest BCUT2D eigenvalue weighted by atomic mass is 9.81. The van der Waals surface area contributed by atoms with E-state index in [9.17, 15) is 14.4 Å². The predicted octanol–water partition coefficient (Wildman–Crippen LogP) is 5.15. The van der Waals surface area contributed by atoms with Gasteiger partial charge in [-0.2, -0.15) is 5.10 Å². The fraction of sp³-hybridized carbons (Fsp3) is 0.405. The Morgan fingerprint density at radius 1 is 0.958 bits per heavy atom. The van der Waals surface area contributed by atoms with Gasteiger partial charge in [-0.25, -0.2) is 0 Å². The number of H-pyrrole nitrogens is 1. The molecule has 0 aliphatic heterocycles. The highest BCUT2D eigenvalue weighted by molar-refractivity contribution is 5.99. The van der Waals surface area contributed by atoms with Crippen molar-refractivity contribution in [1.29, 1.82) is 0 Å². The molecule has 1 aliphatic carbocycles. The van der Waals surface area contributed by atoms with E-state index in [1.165, 1.54) is 0 Å². The maximum Gasteiger partial charge on any atom is 0.251 e. The molecule has 6 N–H and O–H groups in total. The summed E-state index contributed by atoms with van der Waals surface area (Å²) < 4.78 is 0. The van der Waals surface area contributed by atoms with Crippen LogP contribution in [0, 0.1) is 11.8 Å². The molecule has 1 fully saturated rings. The molecule has 0 spiro atoms. The molecule has 256 valence electrons. The largest absolute Gasteiger partial charge is 0.351 e. The number of likely N-dealkylation sites (N-methyl/N-ethyl adjacent to an activating group) is 1. The number of carbonyl (C=O) groups is 3. The van der Waals surface area contributed by atoms with Gasteiger partial charge in [0.25, 0.3) is 5.91 Å². The number of amides is 3. The highest BCUT2D eigenvalue weighted by Gasteiger charge is 2.29. The molecule has 1 atom stereocenters. The molecule has 0 saturated heterocycles. The van der Waals surface area contributed by atoms with Gasteiger partial charge in [-0.05, 0) is 98.3 Å². The fourth-order valence-corrected chi connectivity index (χ4v) is 6.30. The van der Waals surface area contributed by atoms with Crippen LogP contribution in [0.4, 0.5) is 5.69 Å². The molecule has 1 aliphatic rings. The molecular formula is C37H48ClN7O3. The third-order valence-electron chi connectivity index (χ3n) is 9.35. The molecule has 0 unspecified atom stereocenters. The minimum absolute atomic E-state index is 0. The second kappa shape index (κ2) is 17.8. The van der Waals surface area contributed by atoms with E-state index in [2.05, 4.69) is 44.9 Å². The van der Waals surface area contributed by atoms with Crippen LogP contribution >= 0.6 is 12.4 Å². The first-order valence-corrected chi connectivity index (χ1v) is 16.8. The summed E-state index contributed by atoms with van der Waals surface area (Å²) in [6, 6.07) is 20.3. The maximum absolute atomic E-state index is 13.7. The first-order valence-electron chi connectivity index (χ1n) is 16.8. The molecule has 3 amide bonds. The second-order valence-corrected chi connectivity index (χ2v) is 12.4. The normalized spacial score (nSPS) is 16.6. The molecule has 0 bridgehead atoms. The number of carbonyl (C=O) groups excluding carboxylic acids is 3. The Morgan fingerprint density at radius 3 is 2.42 bits per heavy atom.